The zero-order valence-electron chi connectivity index (χ0n) is 19.1. The summed E-state index contributed by atoms with van der Waals surface area (Å²) >= 11 is 0. The average molecular weight is 428 g/mol. The minimum atomic E-state index is -0.221. The fourth-order valence-electron chi connectivity index (χ4n) is 4.25. The van der Waals surface area contributed by atoms with E-state index in [1.54, 1.807) is 21.3 Å². The molecule has 168 valence electrons. The smallest absolute Gasteiger partial charge is 0.226 e. The minimum Gasteiger partial charge on any atom is -0.493 e. The first-order chi connectivity index (χ1) is 15.1. The molecule has 2 aromatic rings. The van der Waals surface area contributed by atoms with Gasteiger partial charge in [0.05, 0.1) is 27.4 Å². The van der Waals surface area contributed by atoms with Crippen LogP contribution in [0.3, 0.4) is 0 Å². The van der Waals surface area contributed by atoms with Crippen LogP contribution >= 0.6 is 0 Å². The lowest BCUT2D eigenvalue weighted by Crippen LogP contribution is -2.45. The third kappa shape index (κ3) is 4.73. The Morgan fingerprint density at radius 1 is 0.968 bits per heavy atom. The molecule has 6 heteroatoms. The Balaban J connectivity index is 1.98. The van der Waals surface area contributed by atoms with E-state index in [0.29, 0.717) is 36.1 Å². The van der Waals surface area contributed by atoms with Crippen molar-refractivity contribution < 1.29 is 23.7 Å². The summed E-state index contributed by atoms with van der Waals surface area (Å²) in [5.74, 6) is 2.87. The summed E-state index contributed by atoms with van der Waals surface area (Å²) in [6.45, 7) is 5.11. The number of nitrogens with zero attached hydrogens (tertiary/aromatic N) is 1. The van der Waals surface area contributed by atoms with Crippen LogP contribution < -0.4 is 18.9 Å². The summed E-state index contributed by atoms with van der Waals surface area (Å²) in [6.07, 6.45) is 2.42. The van der Waals surface area contributed by atoms with Gasteiger partial charge >= 0.3 is 0 Å². The van der Waals surface area contributed by atoms with Crippen molar-refractivity contribution in [3.05, 3.63) is 47.5 Å². The molecule has 6 nitrogen and oxygen atoms in total. The lowest BCUT2D eigenvalue weighted by Gasteiger charge is -2.39. The fourth-order valence-corrected chi connectivity index (χ4v) is 4.25. The van der Waals surface area contributed by atoms with Gasteiger partial charge in [-0.1, -0.05) is 26.0 Å². The zero-order chi connectivity index (χ0) is 22.4. The largest absolute Gasteiger partial charge is 0.493 e. The number of carbonyl (C=O) groups excluding carboxylic acids is 1. The van der Waals surface area contributed by atoms with Crippen LogP contribution in [-0.4, -0.2) is 45.3 Å². The lowest BCUT2D eigenvalue weighted by atomic mass is 9.90. The number of fused-ring (bicyclic) bond motifs is 1. The van der Waals surface area contributed by atoms with Crippen molar-refractivity contribution in [1.29, 1.82) is 0 Å². The van der Waals surface area contributed by atoms with Crippen molar-refractivity contribution in [3.8, 4) is 23.0 Å². The lowest BCUT2D eigenvalue weighted by molar-refractivity contribution is -0.139. The Kier molecular flexibility index (Phi) is 7.66. The number of carbonyl (C=O) groups is 1. The van der Waals surface area contributed by atoms with Gasteiger partial charge in [-0.15, -0.1) is 0 Å². The molecule has 0 spiro atoms. The van der Waals surface area contributed by atoms with Gasteiger partial charge in [0.1, 0.15) is 6.61 Å². The first-order valence-corrected chi connectivity index (χ1v) is 10.9. The maximum atomic E-state index is 13.4. The van der Waals surface area contributed by atoms with E-state index in [1.165, 1.54) is 0 Å². The number of methoxy groups -OCH3 is 3. The van der Waals surface area contributed by atoms with Gasteiger partial charge in [-0.2, -0.15) is 0 Å². The predicted molar refractivity (Wildman–Crippen MR) is 120 cm³/mol. The molecule has 2 aromatic carbocycles. The maximum Gasteiger partial charge on any atom is 0.226 e. The highest BCUT2D eigenvalue weighted by atomic mass is 16.5. The van der Waals surface area contributed by atoms with Gasteiger partial charge < -0.3 is 23.8 Å². The van der Waals surface area contributed by atoms with Gasteiger partial charge in [-0.05, 0) is 54.7 Å². The van der Waals surface area contributed by atoms with Crippen molar-refractivity contribution in [2.24, 2.45) is 5.92 Å². The molecule has 0 bridgehead atoms. The summed E-state index contributed by atoms with van der Waals surface area (Å²) in [6, 6.07) is 11.3. The molecule has 1 heterocycles. The highest BCUT2D eigenvalue weighted by Crippen LogP contribution is 2.39. The number of amides is 1. The van der Waals surface area contributed by atoms with E-state index in [1.807, 2.05) is 41.3 Å². The normalized spacial score (nSPS) is 15.4. The maximum absolute atomic E-state index is 13.4. The summed E-state index contributed by atoms with van der Waals surface area (Å²) < 4.78 is 22.7. The molecule has 1 aliphatic heterocycles. The molecule has 1 aliphatic rings. The van der Waals surface area contributed by atoms with E-state index < -0.39 is 0 Å². The van der Waals surface area contributed by atoms with Crippen molar-refractivity contribution >= 4 is 5.91 Å². The predicted octanol–water partition coefficient (Wildman–Crippen LogP) is 4.65. The molecule has 0 saturated heterocycles. The molecular formula is C25H33NO5. The summed E-state index contributed by atoms with van der Waals surface area (Å²) in [4.78, 5) is 15.4. The van der Waals surface area contributed by atoms with Crippen LogP contribution in [0.15, 0.2) is 36.4 Å². The van der Waals surface area contributed by atoms with Gasteiger partial charge in [-0.3, -0.25) is 4.79 Å². The number of benzene rings is 2. The molecule has 31 heavy (non-hydrogen) atoms. The van der Waals surface area contributed by atoms with Crippen LogP contribution in [0.25, 0.3) is 0 Å². The quantitative estimate of drug-likeness (QED) is 0.583. The first kappa shape index (κ1) is 22.8. The second-order valence-electron chi connectivity index (χ2n) is 7.68. The second-order valence-corrected chi connectivity index (χ2v) is 7.68. The first-order valence-electron chi connectivity index (χ1n) is 10.9. The van der Waals surface area contributed by atoms with E-state index in [0.717, 1.165) is 30.4 Å². The van der Waals surface area contributed by atoms with Crippen molar-refractivity contribution in [3.63, 3.8) is 0 Å². The highest BCUT2D eigenvalue weighted by molar-refractivity contribution is 5.80. The molecular weight excluding hydrogens is 394 g/mol. The molecule has 0 fully saturated rings. The molecule has 1 atom stereocenters. The van der Waals surface area contributed by atoms with Crippen LogP contribution in [0, 0.1) is 5.92 Å². The Morgan fingerprint density at radius 3 is 2.19 bits per heavy atom. The van der Waals surface area contributed by atoms with Gasteiger partial charge in [0.15, 0.2) is 23.0 Å². The third-order valence-corrected chi connectivity index (χ3v) is 6.09. The van der Waals surface area contributed by atoms with E-state index in [2.05, 4.69) is 13.8 Å². The minimum absolute atomic E-state index is 0.00968. The van der Waals surface area contributed by atoms with E-state index in [4.69, 9.17) is 18.9 Å². The van der Waals surface area contributed by atoms with Gasteiger partial charge in [0.2, 0.25) is 5.91 Å². The number of ether oxygens (including phenoxy) is 4. The zero-order valence-corrected chi connectivity index (χ0v) is 19.1. The third-order valence-electron chi connectivity index (χ3n) is 6.09. The van der Waals surface area contributed by atoms with E-state index in [-0.39, 0.29) is 17.9 Å². The van der Waals surface area contributed by atoms with Crippen LogP contribution in [0.5, 0.6) is 23.0 Å². The van der Waals surface area contributed by atoms with Crippen molar-refractivity contribution in [2.45, 2.75) is 39.2 Å². The summed E-state index contributed by atoms with van der Waals surface area (Å²) in [5, 5.41) is 0. The standard InChI is InChI=1S/C25H33NO5/c1-6-17(7-2)25(27)26-13-12-18-14-23(29-4)24(30-5)15-19(18)20(26)16-31-22-11-9-8-10-21(22)28-3/h8-11,14-15,17,20H,6-7,12-13,16H2,1-5H3/t20-/m1/s1. The van der Waals surface area contributed by atoms with Crippen LogP contribution in [-0.2, 0) is 11.2 Å². The van der Waals surface area contributed by atoms with Gasteiger partial charge in [-0.25, -0.2) is 0 Å². The van der Waals surface area contributed by atoms with Gasteiger partial charge in [0, 0.05) is 12.5 Å². The molecule has 0 unspecified atom stereocenters. The van der Waals surface area contributed by atoms with E-state index in [9.17, 15) is 4.79 Å². The monoisotopic (exact) mass is 427 g/mol. The average Bonchev–Trinajstić information content (AvgIpc) is 2.82. The Morgan fingerprint density at radius 2 is 1.58 bits per heavy atom. The molecule has 0 N–H and O–H groups in total. The van der Waals surface area contributed by atoms with Gasteiger partial charge in [0.25, 0.3) is 0 Å². The van der Waals surface area contributed by atoms with E-state index >= 15 is 0 Å². The molecule has 0 saturated carbocycles. The molecule has 1 amide bonds. The molecule has 0 radical (unpaired) electrons. The topological polar surface area (TPSA) is 57.2 Å². The van der Waals surface area contributed by atoms with Crippen LogP contribution in [0.1, 0.15) is 43.9 Å². The SMILES string of the molecule is CCC(CC)C(=O)N1CCc2cc(OC)c(OC)cc2[C@H]1COc1ccccc1OC. The second kappa shape index (κ2) is 10.4. The Labute approximate surface area is 185 Å². The van der Waals surface area contributed by atoms with Crippen molar-refractivity contribution in [2.75, 3.05) is 34.5 Å². The highest BCUT2D eigenvalue weighted by Gasteiger charge is 2.35. The van der Waals surface area contributed by atoms with Crippen LogP contribution in [0.4, 0.5) is 0 Å². The van der Waals surface area contributed by atoms with Crippen molar-refractivity contribution in [1.82, 2.24) is 4.90 Å². The molecule has 3 rings (SSSR count). The number of para-hydroxylation sites is 2. The molecule has 0 aliphatic carbocycles. The number of rotatable bonds is 9. The fraction of sp³-hybridized carbons (Fsp3) is 0.480. The number of hydrogen-bond acceptors (Lipinski definition) is 5. The summed E-state index contributed by atoms with van der Waals surface area (Å²) in [7, 11) is 4.89. The van der Waals surface area contributed by atoms with Crippen LogP contribution in [0.2, 0.25) is 0 Å². The number of hydrogen-bond donors (Lipinski definition) is 0. The molecule has 0 aromatic heterocycles. The summed E-state index contributed by atoms with van der Waals surface area (Å²) in [5.41, 5.74) is 2.19. The Bertz CT molecular complexity index is 893. The Hall–Kier alpha value is -2.89.